The molecule has 5 rings (SSSR count). The lowest BCUT2D eigenvalue weighted by molar-refractivity contribution is -0.192. The van der Waals surface area contributed by atoms with Gasteiger partial charge in [0.2, 0.25) is 5.95 Å². The number of nitrogens with one attached hydrogen (secondary N) is 3. The Morgan fingerprint density at radius 1 is 1.18 bits per heavy atom. The van der Waals surface area contributed by atoms with Gasteiger partial charge in [-0.15, -0.1) is 11.3 Å². The van der Waals surface area contributed by atoms with Gasteiger partial charge in [-0.05, 0) is 49.8 Å². The van der Waals surface area contributed by atoms with Crippen LogP contribution < -0.4 is 21.1 Å². The molecule has 38 heavy (non-hydrogen) atoms. The van der Waals surface area contributed by atoms with Crippen molar-refractivity contribution < 1.29 is 23.1 Å². The number of fused-ring (bicyclic) bond motifs is 1. The van der Waals surface area contributed by atoms with Gasteiger partial charge in [0.05, 0.1) is 10.2 Å². The predicted octanol–water partition coefficient (Wildman–Crippen LogP) is 4.33. The zero-order valence-corrected chi connectivity index (χ0v) is 22.0. The Labute approximate surface area is 221 Å². The molecule has 0 spiro atoms. The fourth-order valence-electron chi connectivity index (χ4n) is 4.90. The number of hydrogen-bond donors (Lipinski definition) is 4. The third kappa shape index (κ3) is 6.81. The average molecular weight is 553 g/mol. The maximum absolute atomic E-state index is 13.4. The summed E-state index contributed by atoms with van der Waals surface area (Å²) in [7, 11) is 0. The Balaban J connectivity index is 0.000000426. The van der Waals surface area contributed by atoms with Gasteiger partial charge in [-0.1, -0.05) is 26.0 Å². The highest BCUT2D eigenvalue weighted by Crippen LogP contribution is 2.33. The Bertz CT molecular complexity index is 1280. The number of rotatable bonds is 4. The minimum atomic E-state index is -5.08. The molecule has 2 aliphatic heterocycles. The van der Waals surface area contributed by atoms with E-state index in [2.05, 4.69) is 34.4 Å². The van der Waals surface area contributed by atoms with Crippen molar-refractivity contribution in [3.63, 3.8) is 0 Å². The molecule has 2 unspecified atom stereocenters. The maximum atomic E-state index is 13.4. The van der Waals surface area contributed by atoms with Gasteiger partial charge in [-0.25, -0.2) is 9.78 Å². The number of halogens is 3. The minimum Gasteiger partial charge on any atom is -0.475 e. The van der Waals surface area contributed by atoms with Gasteiger partial charge < -0.3 is 20.6 Å². The number of benzene rings is 1. The zero-order chi connectivity index (χ0) is 27.4. The quantitative estimate of drug-likeness (QED) is 0.377. The van der Waals surface area contributed by atoms with Crippen LogP contribution in [0.25, 0.3) is 20.8 Å². The lowest BCUT2D eigenvalue weighted by Gasteiger charge is -2.35. The van der Waals surface area contributed by atoms with E-state index in [1.165, 1.54) is 6.42 Å². The predicted molar refractivity (Wildman–Crippen MR) is 142 cm³/mol. The molecule has 206 valence electrons. The molecule has 0 amide bonds. The summed E-state index contributed by atoms with van der Waals surface area (Å²) >= 11 is 1.54. The monoisotopic (exact) mass is 552 g/mol. The summed E-state index contributed by atoms with van der Waals surface area (Å²) in [5.41, 5.74) is 1.34. The first-order valence-corrected chi connectivity index (χ1v) is 13.4. The van der Waals surface area contributed by atoms with Crippen molar-refractivity contribution in [3.8, 4) is 10.6 Å². The second-order valence-corrected chi connectivity index (χ2v) is 11.0. The first kappa shape index (κ1) is 27.8. The number of thiazole rings is 1. The van der Waals surface area contributed by atoms with Crippen molar-refractivity contribution in [1.82, 2.24) is 20.3 Å². The van der Waals surface area contributed by atoms with Crippen LogP contribution in [0.2, 0.25) is 0 Å². The van der Waals surface area contributed by atoms with E-state index in [4.69, 9.17) is 19.9 Å². The molecule has 2 saturated heterocycles. The van der Waals surface area contributed by atoms with Gasteiger partial charge in [0.15, 0.2) is 0 Å². The number of carbonyl (C=O) groups is 1. The molecule has 0 radical (unpaired) electrons. The largest absolute Gasteiger partial charge is 0.490 e. The third-order valence-electron chi connectivity index (χ3n) is 6.46. The highest BCUT2D eigenvalue weighted by Gasteiger charge is 2.38. The van der Waals surface area contributed by atoms with Crippen molar-refractivity contribution in [2.45, 2.75) is 45.3 Å². The molecule has 1 aromatic carbocycles. The van der Waals surface area contributed by atoms with E-state index < -0.39 is 12.1 Å². The van der Waals surface area contributed by atoms with Gasteiger partial charge in [0.1, 0.15) is 16.4 Å². The number of para-hydroxylation sites is 1. The normalized spacial score (nSPS) is 22.0. The van der Waals surface area contributed by atoms with Crippen molar-refractivity contribution >= 4 is 39.3 Å². The van der Waals surface area contributed by atoms with Crippen LogP contribution in [0.4, 0.5) is 24.9 Å². The van der Waals surface area contributed by atoms with E-state index >= 15 is 0 Å². The molecule has 0 aliphatic carbocycles. The van der Waals surface area contributed by atoms with Crippen molar-refractivity contribution in [2.24, 2.45) is 11.8 Å². The van der Waals surface area contributed by atoms with Crippen LogP contribution in [-0.2, 0) is 4.79 Å². The van der Waals surface area contributed by atoms with E-state index in [-0.39, 0.29) is 11.6 Å². The lowest BCUT2D eigenvalue weighted by Crippen LogP contribution is -2.41. The molecule has 0 saturated carbocycles. The van der Waals surface area contributed by atoms with Crippen LogP contribution in [-0.4, -0.2) is 64.4 Å². The zero-order valence-electron chi connectivity index (χ0n) is 21.1. The molecule has 3 aromatic rings. The third-order valence-corrected chi connectivity index (χ3v) is 7.52. The van der Waals surface area contributed by atoms with Gasteiger partial charge in [0.25, 0.3) is 5.56 Å². The fraction of sp³-hybridized carbons (Fsp3) is 0.520. The van der Waals surface area contributed by atoms with Crippen LogP contribution in [0.1, 0.15) is 33.1 Å². The van der Waals surface area contributed by atoms with Gasteiger partial charge in [-0.2, -0.15) is 18.2 Å². The summed E-state index contributed by atoms with van der Waals surface area (Å²) < 4.78 is 32.8. The summed E-state index contributed by atoms with van der Waals surface area (Å²) in [6.45, 7) is 8.28. The van der Waals surface area contributed by atoms with Crippen molar-refractivity contribution in [2.75, 3.05) is 36.4 Å². The van der Waals surface area contributed by atoms with E-state index in [0.717, 1.165) is 49.2 Å². The second kappa shape index (κ2) is 11.7. The number of hydrogen-bond acceptors (Lipinski definition) is 8. The number of anilines is 2. The molecule has 2 aromatic heterocycles. The molecule has 4 N–H and O–H groups in total. The Morgan fingerprint density at radius 3 is 2.47 bits per heavy atom. The van der Waals surface area contributed by atoms with E-state index in [1.807, 2.05) is 24.3 Å². The molecule has 13 heteroatoms. The average Bonchev–Trinajstić information content (AvgIpc) is 3.27. The number of carboxylic acids is 1. The Hall–Kier alpha value is -3.19. The van der Waals surface area contributed by atoms with E-state index in [0.29, 0.717) is 34.2 Å². The molecule has 3 atom stereocenters. The smallest absolute Gasteiger partial charge is 0.475 e. The van der Waals surface area contributed by atoms with Crippen molar-refractivity contribution in [1.29, 1.82) is 0 Å². The van der Waals surface area contributed by atoms with E-state index in [1.54, 1.807) is 11.3 Å². The van der Waals surface area contributed by atoms with Gasteiger partial charge in [0, 0.05) is 25.7 Å². The SMILES string of the molecule is CC1CC(C)CN(c2nc(N[C@@H]3CCCNC3)c(-c3nc4ccccc4s3)c(=O)[nH]2)C1.O=C(O)C(F)(F)F. The van der Waals surface area contributed by atoms with Crippen LogP contribution in [0.5, 0.6) is 0 Å². The molecule has 2 fully saturated rings. The van der Waals surface area contributed by atoms with Gasteiger partial charge >= 0.3 is 12.1 Å². The Morgan fingerprint density at radius 2 is 1.87 bits per heavy atom. The summed E-state index contributed by atoms with van der Waals surface area (Å²) in [5, 5.41) is 14.9. The molecule has 4 heterocycles. The number of H-pyrrole nitrogens is 1. The first-order valence-electron chi connectivity index (χ1n) is 12.5. The molecule has 0 bridgehead atoms. The minimum absolute atomic E-state index is 0.124. The number of carboxylic acid groups (broad SMARTS) is 1. The summed E-state index contributed by atoms with van der Waals surface area (Å²) in [4.78, 5) is 37.3. The van der Waals surface area contributed by atoms with Crippen LogP contribution in [0, 0.1) is 11.8 Å². The molecular weight excluding hydrogens is 521 g/mol. The summed E-state index contributed by atoms with van der Waals surface area (Å²) in [6, 6.07) is 8.26. The molecule has 9 nitrogen and oxygen atoms in total. The second-order valence-electron chi connectivity index (χ2n) is 9.94. The number of aromatic nitrogens is 3. The standard InChI is InChI=1S/C23H30N6OS.C2HF3O2/c1-14-10-15(2)13-29(12-14)23-27-20(25-16-6-5-9-24-11-16)19(21(30)28-23)22-26-17-7-3-4-8-18(17)31-22;3-2(4,5)1(6)7/h3-4,7-8,14-16,24H,5-6,9-13H2,1-2H3,(H2,25,27,28,30);(H,6,7)/t14?,15?,16-;/m1./s1. The van der Waals surface area contributed by atoms with Crippen LogP contribution in [0.3, 0.4) is 0 Å². The number of aliphatic carboxylic acids is 1. The highest BCUT2D eigenvalue weighted by atomic mass is 32.1. The number of piperidine rings is 2. The number of alkyl halides is 3. The number of aromatic amines is 1. The first-order chi connectivity index (χ1) is 18.0. The topological polar surface area (TPSA) is 123 Å². The summed E-state index contributed by atoms with van der Waals surface area (Å²) in [5.74, 6) is -0.279. The van der Waals surface area contributed by atoms with E-state index in [9.17, 15) is 18.0 Å². The molecular formula is C25H31F3N6O3S. The Kier molecular flexibility index (Phi) is 8.56. The number of nitrogens with zero attached hydrogens (tertiary/aromatic N) is 3. The fourth-order valence-corrected chi connectivity index (χ4v) is 5.91. The van der Waals surface area contributed by atoms with Crippen LogP contribution >= 0.6 is 11.3 Å². The highest BCUT2D eigenvalue weighted by molar-refractivity contribution is 7.21. The lowest BCUT2D eigenvalue weighted by atomic mass is 9.92. The van der Waals surface area contributed by atoms with Crippen LogP contribution in [0.15, 0.2) is 29.1 Å². The van der Waals surface area contributed by atoms with Gasteiger partial charge in [-0.3, -0.25) is 9.78 Å². The maximum Gasteiger partial charge on any atom is 0.490 e. The summed E-state index contributed by atoms with van der Waals surface area (Å²) in [6.07, 6.45) is -1.69. The van der Waals surface area contributed by atoms with Crippen molar-refractivity contribution in [3.05, 3.63) is 34.6 Å². The molecule has 2 aliphatic rings.